The summed E-state index contributed by atoms with van der Waals surface area (Å²) in [6.45, 7) is 0. The molecule has 0 spiro atoms. The summed E-state index contributed by atoms with van der Waals surface area (Å²) in [5.74, 6) is -1.13. The summed E-state index contributed by atoms with van der Waals surface area (Å²) in [5, 5.41) is 9.06. The minimum absolute atomic E-state index is 0.0410. The van der Waals surface area contributed by atoms with Crippen molar-refractivity contribution >= 4 is 5.71 Å². The molecule has 4 nitrogen and oxygen atoms in total. The maximum absolute atomic E-state index is 14.7. The molecule has 0 N–H and O–H groups in total. The Kier molecular flexibility index (Phi) is 4.35. The van der Waals surface area contributed by atoms with E-state index in [9.17, 15) is 8.78 Å². The molecule has 4 rings (SSSR count). The van der Waals surface area contributed by atoms with E-state index in [0.29, 0.717) is 17.7 Å². The summed E-state index contributed by atoms with van der Waals surface area (Å²) >= 11 is 0. The third-order valence-corrected chi connectivity index (χ3v) is 4.43. The van der Waals surface area contributed by atoms with E-state index in [1.807, 2.05) is 30.3 Å². The zero-order valence-corrected chi connectivity index (χ0v) is 14.1. The van der Waals surface area contributed by atoms with Crippen LogP contribution in [0.25, 0.3) is 11.1 Å². The van der Waals surface area contributed by atoms with E-state index in [0.717, 1.165) is 5.56 Å². The van der Waals surface area contributed by atoms with Gasteiger partial charge in [-0.25, -0.2) is 9.37 Å². The number of aromatic nitrogens is 1. The largest absolute Gasteiger partial charge is 0.485 e. The monoisotopic (exact) mass is 361 g/mol. The van der Waals surface area contributed by atoms with Gasteiger partial charge in [0, 0.05) is 35.4 Å². The molecule has 3 aromatic rings. The molecule has 6 heteroatoms. The van der Waals surface area contributed by atoms with E-state index < -0.39 is 11.8 Å². The molecule has 0 bridgehead atoms. The molecule has 1 atom stereocenters. The normalized spacial score (nSPS) is 17.1. The van der Waals surface area contributed by atoms with Crippen LogP contribution in [0.4, 0.5) is 8.78 Å². The molecule has 0 aliphatic carbocycles. The summed E-state index contributed by atoms with van der Waals surface area (Å²) in [6, 6.07) is 15.1. The fourth-order valence-electron chi connectivity index (χ4n) is 3.17. The van der Waals surface area contributed by atoms with E-state index in [-0.39, 0.29) is 23.0 Å². The number of hydrogen-bond donors (Lipinski definition) is 0. The zero-order chi connectivity index (χ0) is 18.8. The minimum atomic E-state index is -0.769. The fraction of sp³-hybridized carbons (Fsp3) is 0.0952. The summed E-state index contributed by atoms with van der Waals surface area (Å²) in [7, 11) is 0. The lowest BCUT2D eigenvalue weighted by atomic mass is 9.93. The van der Waals surface area contributed by atoms with Gasteiger partial charge in [0.05, 0.1) is 5.71 Å². The van der Waals surface area contributed by atoms with Gasteiger partial charge < -0.3 is 4.74 Å². The molecule has 0 amide bonds. The van der Waals surface area contributed by atoms with Crippen LogP contribution < -0.4 is 4.74 Å². The number of nitriles is 1. The van der Waals surface area contributed by atoms with Crippen LogP contribution in [-0.4, -0.2) is 10.7 Å². The molecule has 0 fully saturated rings. The van der Waals surface area contributed by atoms with Crippen LogP contribution in [0, 0.1) is 23.2 Å². The van der Waals surface area contributed by atoms with Crippen molar-refractivity contribution in [2.75, 3.05) is 0 Å². The van der Waals surface area contributed by atoms with Crippen LogP contribution in [0.3, 0.4) is 0 Å². The van der Waals surface area contributed by atoms with Crippen molar-refractivity contribution in [2.24, 2.45) is 4.99 Å². The molecule has 0 saturated heterocycles. The number of benzene rings is 2. The first-order valence-corrected chi connectivity index (χ1v) is 8.29. The molecule has 1 unspecified atom stereocenters. The van der Waals surface area contributed by atoms with E-state index in [1.165, 1.54) is 30.5 Å². The molecule has 2 heterocycles. The van der Waals surface area contributed by atoms with Gasteiger partial charge in [0.15, 0.2) is 0 Å². The summed E-state index contributed by atoms with van der Waals surface area (Å²) < 4.78 is 34.7. The fourth-order valence-corrected chi connectivity index (χ4v) is 3.17. The Hall–Kier alpha value is -3.59. The van der Waals surface area contributed by atoms with Crippen LogP contribution in [0.15, 0.2) is 65.8 Å². The van der Waals surface area contributed by atoms with Gasteiger partial charge in [0.25, 0.3) is 0 Å². The van der Waals surface area contributed by atoms with Crippen LogP contribution in [0.2, 0.25) is 0 Å². The topological polar surface area (TPSA) is 58.3 Å². The van der Waals surface area contributed by atoms with Gasteiger partial charge in [0.2, 0.25) is 12.1 Å². The second-order valence-corrected chi connectivity index (χ2v) is 6.05. The summed E-state index contributed by atoms with van der Waals surface area (Å²) in [5.41, 5.74) is 1.93. The second kappa shape index (κ2) is 6.96. The van der Waals surface area contributed by atoms with E-state index in [4.69, 9.17) is 10.00 Å². The SMILES string of the molecule is N#C/N=C1/CC(c2ccccc2)Oc2cc(F)c(-c3cccnc3F)cc21. The highest BCUT2D eigenvalue weighted by atomic mass is 19.1. The third kappa shape index (κ3) is 3.15. The zero-order valence-electron chi connectivity index (χ0n) is 14.1. The first kappa shape index (κ1) is 16.9. The highest BCUT2D eigenvalue weighted by Gasteiger charge is 2.28. The van der Waals surface area contributed by atoms with Crippen molar-refractivity contribution < 1.29 is 13.5 Å². The number of ether oxygens (including phenoxy) is 1. The standard InChI is InChI=1S/C21H13F2N3O/c22-17-10-20-16(9-15(17)14-7-4-8-25-21(14)23)18(26-12-24)11-19(27-20)13-5-2-1-3-6-13/h1-10,19H,11H2/b26-18-. The lowest BCUT2D eigenvalue weighted by Crippen LogP contribution is -2.21. The van der Waals surface area contributed by atoms with Gasteiger partial charge in [0.1, 0.15) is 17.7 Å². The van der Waals surface area contributed by atoms with E-state index >= 15 is 0 Å². The van der Waals surface area contributed by atoms with Gasteiger partial charge in [-0.1, -0.05) is 30.3 Å². The first-order chi connectivity index (χ1) is 13.2. The number of fused-ring (bicyclic) bond motifs is 1. The molecule has 0 radical (unpaired) electrons. The van der Waals surface area contributed by atoms with Crippen molar-refractivity contribution in [3.8, 4) is 23.1 Å². The maximum Gasteiger partial charge on any atom is 0.220 e. The molecular weight excluding hydrogens is 348 g/mol. The molecule has 0 saturated carbocycles. The number of nitrogens with zero attached hydrogens (tertiary/aromatic N) is 3. The van der Waals surface area contributed by atoms with Crippen molar-refractivity contribution in [1.82, 2.24) is 4.98 Å². The number of aliphatic imine (C=N–C) groups is 1. The van der Waals surface area contributed by atoms with Gasteiger partial charge in [-0.2, -0.15) is 14.6 Å². The third-order valence-electron chi connectivity index (χ3n) is 4.43. The molecule has 1 aromatic heterocycles. The Balaban J connectivity index is 1.83. The summed E-state index contributed by atoms with van der Waals surface area (Å²) in [6.07, 6.45) is 3.05. The number of halogens is 2. The van der Waals surface area contributed by atoms with Crippen LogP contribution in [-0.2, 0) is 0 Å². The second-order valence-electron chi connectivity index (χ2n) is 6.05. The smallest absolute Gasteiger partial charge is 0.220 e. The van der Waals surface area contributed by atoms with Crippen molar-refractivity contribution in [2.45, 2.75) is 12.5 Å². The highest BCUT2D eigenvalue weighted by molar-refractivity contribution is 6.05. The van der Waals surface area contributed by atoms with E-state index in [2.05, 4.69) is 9.98 Å². The van der Waals surface area contributed by atoms with Crippen molar-refractivity contribution in [3.63, 3.8) is 0 Å². The molecule has 1 aliphatic rings. The number of hydrogen-bond acceptors (Lipinski definition) is 4. The maximum atomic E-state index is 14.7. The molecule has 27 heavy (non-hydrogen) atoms. The number of pyridine rings is 1. The van der Waals surface area contributed by atoms with Gasteiger partial charge in [-0.15, -0.1) is 0 Å². The van der Waals surface area contributed by atoms with Crippen molar-refractivity contribution in [1.29, 1.82) is 5.26 Å². The van der Waals surface area contributed by atoms with Gasteiger partial charge >= 0.3 is 0 Å². The van der Waals surface area contributed by atoms with Crippen molar-refractivity contribution in [3.05, 3.63) is 83.7 Å². The summed E-state index contributed by atoms with van der Waals surface area (Å²) in [4.78, 5) is 7.47. The molecule has 1 aliphatic heterocycles. The Labute approximate surface area is 154 Å². The average Bonchev–Trinajstić information content (AvgIpc) is 2.69. The molecule has 2 aromatic carbocycles. The lowest BCUT2D eigenvalue weighted by molar-refractivity contribution is 0.205. The molecule has 132 valence electrons. The first-order valence-electron chi connectivity index (χ1n) is 8.29. The average molecular weight is 361 g/mol. The Morgan fingerprint density at radius 2 is 1.85 bits per heavy atom. The lowest BCUT2D eigenvalue weighted by Gasteiger charge is -2.28. The van der Waals surface area contributed by atoms with Crippen LogP contribution in [0.5, 0.6) is 5.75 Å². The Morgan fingerprint density at radius 1 is 1.04 bits per heavy atom. The predicted molar refractivity (Wildman–Crippen MR) is 96.2 cm³/mol. The predicted octanol–water partition coefficient (Wildman–Crippen LogP) is 4.82. The van der Waals surface area contributed by atoms with Gasteiger partial charge in [-0.05, 0) is 23.8 Å². The quantitative estimate of drug-likeness (QED) is 0.486. The minimum Gasteiger partial charge on any atom is -0.485 e. The number of rotatable bonds is 2. The van der Waals surface area contributed by atoms with E-state index in [1.54, 1.807) is 6.19 Å². The van der Waals surface area contributed by atoms with Gasteiger partial charge in [-0.3, -0.25) is 0 Å². The Bertz CT molecular complexity index is 1070. The molecular formula is C21H13F2N3O. The highest BCUT2D eigenvalue weighted by Crippen LogP contribution is 2.39. The van der Waals surface area contributed by atoms with Crippen LogP contribution in [0.1, 0.15) is 23.7 Å². The van der Waals surface area contributed by atoms with Crippen LogP contribution >= 0.6 is 0 Å². The Morgan fingerprint density at radius 3 is 2.59 bits per heavy atom.